The van der Waals surface area contributed by atoms with Crippen molar-refractivity contribution in [1.82, 2.24) is 0 Å². The van der Waals surface area contributed by atoms with Crippen LogP contribution >= 0.6 is 22.9 Å². The van der Waals surface area contributed by atoms with E-state index in [9.17, 15) is 4.79 Å². The molecule has 0 bridgehead atoms. The first-order valence-electron chi connectivity index (χ1n) is 11.6. The molecule has 0 fully saturated rings. The van der Waals surface area contributed by atoms with Crippen LogP contribution < -0.4 is 4.74 Å². The zero-order valence-electron chi connectivity index (χ0n) is 20.4. The fourth-order valence-corrected chi connectivity index (χ4v) is 5.54. The molecule has 1 aliphatic carbocycles. The number of methoxy groups -OCH3 is 1. The summed E-state index contributed by atoms with van der Waals surface area (Å²) >= 11 is 7.94. The standard InChI is InChI=1S/C29H30ClO3S.Y/c1-29(2,21-7-5-4-6-8-21)22-12-9-20(10-13-22)11-14-25-26(28(31)16-27(25)30)18-33-17-24-15-23(32-3)19-34-24;/h4-10,12-13,15-16,25-26H,11,14,17-18H2,1-3H3;/q-1;/t25-,26-;/m1./s1. The SMILES string of the molecule is COc1[c-]sc(COC[C@H]2C(=O)C=C(Cl)[C@@H]2CCc2ccc(C(C)(C)c3ccccc3)cc2)c1.[Y]. The molecule has 35 heavy (non-hydrogen) atoms. The molecule has 4 rings (SSSR count). The number of benzene rings is 2. The van der Waals surface area contributed by atoms with Gasteiger partial charge in [0.05, 0.1) is 19.6 Å². The second-order valence-corrected chi connectivity index (χ2v) is 10.6. The van der Waals surface area contributed by atoms with Gasteiger partial charge in [0.15, 0.2) is 5.78 Å². The van der Waals surface area contributed by atoms with E-state index in [1.54, 1.807) is 13.2 Å². The Bertz CT molecular complexity index is 1140. The maximum Gasteiger partial charge on any atom is 0.162 e. The summed E-state index contributed by atoms with van der Waals surface area (Å²) in [5.41, 5.74) is 3.77. The Hall–Kier alpha value is -1.30. The Morgan fingerprint density at radius 1 is 1.03 bits per heavy atom. The maximum atomic E-state index is 12.5. The topological polar surface area (TPSA) is 35.5 Å². The zero-order chi connectivity index (χ0) is 24.1. The van der Waals surface area contributed by atoms with Crippen molar-refractivity contribution < 1.29 is 47.0 Å². The van der Waals surface area contributed by atoms with Gasteiger partial charge >= 0.3 is 0 Å². The summed E-state index contributed by atoms with van der Waals surface area (Å²) in [5, 5.41) is 3.71. The molecule has 0 N–H and O–H groups in total. The molecule has 1 aromatic heterocycles. The van der Waals surface area contributed by atoms with Gasteiger partial charge < -0.3 is 9.47 Å². The molecule has 2 aromatic carbocycles. The van der Waals surface area contributed by atoms with Crippen molar-refractivity contribution in [3.05, 3.63) is 98.7 Å². The number of carbonyl (C=O) groups excluding carboxylic acids is 1. The van der Waals surface area contributed by atoms with Gasteiger partial charge in [-0.25, -0.2) is 0 Å². The molecule has 0 saturated carbocycles. The first kappa shape index (κ1) is 28.3. The van der Waals surface area contributed by atoms with Crippen molar-refractivity contribution in [2.75, 3.05) is 13.7 Å². The predicted molar refractivity (Wildman–Crippen MR) is 139 cm³/mol. The number of hydrogen-bond acceptors (Lipinski definition) is 4. The third-order valence-electron chi connectivity index (χ3n) is 6.74. The minimum atomic E-state index is -0.227. The van der Waals surface area contributed by atoms with Crippen LogP contribution in [0.4, 0.5) is 0 Å². The number of ether oxygens (including phenoxy) is 2. The Morgan fingerprint density at radius 2 is 1.71 bits per heavy atom. The van der Waals surface area contributed by atoms with Crippen molar-refractivity contribution in [2.45, 2.75) is 38.7 Å². The van der Waals surface area contributed by atoms with E-state index in [2.05, 4.69) is 67.8 Å². The van der Waals surface area contributed by atoms with Gasteiger partial charge in [0, 0.05) is 61.4 Å². The Morgan fingerprint density at radius 3 is 2.37 bits per heavy atom. The first-order chi connectivity index (χ1) is 16.4. The van der Waals surface area contributed by atoms with Crippen LogP contribution in [0.15, 0.2) is 71.8 Å². The van der Waals surface area contributed by atoms with Gasteiger partial charge in [0.2, 0.25) is 0 Å². The second kappa shape index (κ2) is 12.8. The Kier molecular flexibility index (Phi) is 10.3. The third kappa shape index (κ3) is 6.93. The molecule has 3 nitrogen and oxygen atoms in total. The zero-order valence-corrected chi connectivity index (χ0v) is 24.8. The van der Waals surface area contributed by atoms with Crippen LogP contribution in [-0.4, -0.2) is 19.5 Å². The number of thiophene rings is 1. The maximum absolute atomic E-state index is 12.5. The van der Waals surface area contributed by atoms with E-state index in [1.807, 2.05) is 12.1 Å². The summed E-state index contributed by atoms with van der Waals surface area (Å²) < 4.78 is 11.0. The van der Waals surface area contributed by atoms with E-state index >= 15 is 0 Å². The molecule has 6 heteroatoms. The summed E-state index contributed by atoms with van der Waals surface area (Å²) in [6.45, 7) is 5.31. The summed E-state index contributed by atoms with van der Waals surface area (Å²) in [5.74, 6) is 0.542. The van der Waals surface area contributed by atoms with E-state index in [0.29, 0.717) is 24.0 Å². The third-order valence-corrected chi connectivity index (χ3v) is 7.93. The summed E-state index contributed by atoms with van der Waals surface area (Å²) in [6.07, 6.45) is 3.26. The van der Waals surface area contributed by atoms with E-state index in [-0.39, 0.29) is 55.7 Å². The average molecular weight is 583 g/mol. The van der Waals surface area contributed by atoms with Gasteiger partial charge in [0.25, 0.3) is 0 Å². The average Bonchev–Trinajstić information content (AvgIpc) is 3.42. The minimum Gasteiger partial charge on any atom is -0.523 e. The smallest absolute Gasteiger partial charge is 0.162 e. The van der Waals surface area contributed by atoms with Crippen LogP contribution in [0.5, 0.6) is 5.75 Å². The largest absolute Gasteiger partial charge is 0.523 e. The van der Waals surface area contributed by atoms with Crippen LogP contribution in [0, 0.1) is 17.2 Å². The number of aryl methyl sites for hydroxylation is 1. The summed E-state index contributed by atoms with van der Waals surface area (Å²) in [7, 11) is 1.62. The molecule has 0 spiro atoms. The van der Waals surface area contributed by atoms with E-state index in [1.165, 1.54) is 28.0 Å². The fraction of sp³-hybridized carbons (Fsp3) is 0.345. The number of ketones is 1. The Balaban J connectivity index is 0.00000342. The number of halogens is 1. The fourth-order valence-electron chi connectivity index (χ4n) is 4.49. The van der Waals surface area contributed by atoms with Crippen molar-refractivity contribution in [3.63, 3.8) is 0 Å². The first-order valence-corrected chi connectivity index (χ1v) is 12.8. The van der Waals surface area contributed by atoms with Gasteiger partial charge in [-0.3, -0.25) is 16.1 Å². The molecule has 181 valence electrons. The van der Waals surface area contributed by atoms with Crippen LogP contribution in [0.1, 0.15) is 41.8 Å². The minimum absolute atomic E-state index is 0. The number of hydrogen-bond donors (Lipinski definition) is 0. The predicted octanol–water partition coefficient (Wildman–Crippen LogP) is 6.97. The van der Waals surface area contributed by atoms with E-state index < -0.39 is 0 Å². The molecule has 0 unspecified atom stereocenters. The number of carbonyl (C=O) groups is 1. The normalized spacial score (nSPS) is 17.7. The molecule has 1 aliphatic rings. The molecule has 1 heterocycles. The molecule has 0 saturated heterocycles. The molecule has 2 atom stereocenters. The number of rotatable bonds is 10. The van der Waals surface area contributed by atoms with Crippen molar-refractivity contribution in [3.8, 4) is 5.75 Å². The summed E-state index contributed by atoms with van der Waals surface area (Å²) in [6, 6.07) is 21.3. The number of allylic oxidation sites excluding steroid dienone is 2. The molecule has 0 aliphatic heterocycles. The molecule has 0 amide bonds. The van der Waals surface area contributed by atoms with E-state index in [4.69, 9.17) is 21.1 Å². The van der Waals surface area contributed by atoms with Crippen LogP contribution in [0.3, 0.4) is 0 Å². The van der Waals surface area contributed by atoms with Crippen molar-refractivity contribution in [1.29, 1.82) is 0 Å². The van der Waals surface area contributed by atoms with Crippen molar-refractivity contribution >= 4 is 28.7 Å². The van der Waals surface area contributed by atoms with Crippen LogP contribution in [-0.2, 0) is 60.7 Å². The van der Waals surface area contributed by atoms with Crippen LogP contribution in [0.2, 0.25) is 0 Å². The monoisotopic (exact) mass is 582 g/mol. The van der Waals surface area contributed by atoms with Gasteiger partial charge in [-0.05, 0) is 35.6 Å². The van der Waals surface area contributed by atoms with Gasteiger partial charge in [0.1, 0.15) is 0 Å². The molecule has 3 aromatic rings. The van der Waals surface area contributed by atoms with Gasteiger partial charge in [-0.1, -0.05) is 85.4 Å². The van der Waals surface area contributed by atoms with Gasteiger partial charge in [-0.15, -0.1) is 4.88 Å². The molecular weight excluding hydrogens is 553 g/mol. The second-order valence-electron chi connectivity index (χ2n) is 9.27. The quantitative estimate of drug-likeness (QED) is 0.242. The summed E-state index contributed by atoms with van der Waals surface area (Å²) in [4.78, 5) is 13.5. The van der Waals surface area contributed by atoms with Crippen LogP contribution in [0.25, 0.3) is 0 Å². The Labute approximate surface area is 242 Å². The molecular formula is C29H30ClO3SY-. The van der Waals surface area contributed by atoms with Gasteiger partial charge in [-0.2, -0.15) is 6.07 Å². The van der Waals surface area contributed by atoms with Crippen molar-refractivity contribution in [2.24, 2.45) is 11.8 Å². The van der Waals surface area contributed by atoms with E-state index in [0.717, 1.165) is 17.7 Å². The molecule has 1 radical (unpaired) electrons.